The number of allylic oxidation sites excluding steroid dienone is 1. The molecule has 100 valence electrons. The van der Waals surface area contributed by atoms with Gasteiger partial charge in [-0.1, -0.05) is 30.3 Å². The lowest BCUT2D eigenvalue weighted by Gasteiger charge is -2.03. The van der Waals surface area contributed by atoms with E-state index in [1.807, 2.05) is 6.07 Å². The molecule has 20 heavy (non-hydrogen) atoms. The number of carbonyl (C=O) groups excluding carboxylic acids is 2. The van der Waals surface area contributed by atoms with Gasteiger partial charge in [-0.3, -0.25) is 20.0 Å². The number of rotatable bonds is 5. The molecule has 0 aliphatic heterocycles. The van der Waals surface area contributed by atoms with Crippen LogP contribution in [0.4, 0.5) is 0 Å². The van der Waals surface area contributed by atoms with E-state index in [9.17, 15) is 9.59 Å². The number of ketones is 1. The van der Waals surface area contributed by atoms with Crippen LogP contribution in [0.3, 0.4) is 0 Å². The molecule has 5 heteroatoms. The smallest absolute Gasteiger partial charge is 0.271 e. The Labute approximate surface area is 116 Å². The van der Waals surface area contributed by atoms with Gasteiger partial charge < -0.3 is 5.43 Å². The molecule has 0 bridgehead atoms. The summed E-state index contributed by atoms with van der Waals surface area (Å²) in [4.78, 5) is 27.2. The second-order valence-corrected chi connectivity index (χ2v) is 3.90. The highest BCUT2D eigenvalue weighted by molar-refractivity contribution is 6.04. The number of nitrogens with one attached hydrogen (secondary N) is 2. The average Bonchev–Trinajstić information content (AvgIpc) is 2.53. The number of amides is 1. The van der Waals surface area contributed by atoms with Gasteiger partial charge in [-0.05, 0) is 12.1 Å². The van der Waals surface area contributed by atoms with E-state index in [0.29, 0.717) is 11.1 Å². The first-order chi connectivity index (χ1) is 9.77. The quantitative estimate of drug-likeness (QED) is 0.491. The van der Waals surface area contributed by atoms with Gasteiger partial charge in [0.05, 0.1) is 5.56 Å². The Kier molecular flexibility index (Phi) is 4.61. The van der Waals surface area contributed by atoms with Crippen molar-refractivity contribution in [2.45, 2.75) is 0 Å². The highest BCUT2D eigenvalue weighted by Crippen LogP contribution is 2.00. The van der Waals surface area contributed by atoms with Crippen molar-refractivity contribution >= 4 is 11.7 Å². The van der Waals surface area contributed by atoms with Gasteiger partial charge in [0, 0.05) is 30.2 Å². The summed E-state index contributed by atoms with van der Waals surface area (Å²) in [5.41, 5.74) is 6.01. The Hall–Kier alpha value is -2.95. The van der Waals surface area contributed by atoms with Crippen molar-refractivity contribution < 1.29 is 9.59 Å². The zero-order chi connectivity index (χ0) is 14.2. The van der Waals surface area contributed by atoms with Crippen molar-refractivity contribution in [3.63, 3.8) is 0 Å². The molecular formula is C15H13N3O2. The lowest BCUT2D eigenvalue weighted by Crippen LogP contribution is -2.33. The van der Waals surface area contributed by atoms with Gasteiger partial charge in [0.1, 0.15) is 0 Å². The largest absolute Gasteiger partial charge is 0.305 e. The van der Waals surface area contributed by atoms with Crippen LogP contribution in [0.1, 0.15) is 20.7 Å². The maximum absolute atomic E-state index is 11.7. The molecule has 0 unspecified atom stereocenters. The van der Waals surface area contributed by atoms with E-state index in [0.717, 1.165) is 0 Å². The highest BCUT2D eigenvalue weighted by Gasteiger charge is 2.02. The van der Waals surface area contributed by atoms with Crippen LogP contribution >= 0.6 is 0 Å². The fraction of sp³-hybridized carbons (Fsp3) is 0. The van der Waals surface area contributed by atoms with E-state index in [4.69, 9.17) is 0 Å². The number of hydrogen-bond acceptors (Lipinski definition) is 4. The predicted octanol–water partition coefficient (Wildman–Crippen LogP) is 1.71. The van der Waals surface area contributed by atoms with E-state index in [1.54, 1.807) is 42.6 Å². The zero-order valence-electron chi connectivity index (χ0n) is 10.6. The van der Waals surface area contributed by atoms with Gasteiger partial charge in [0.2, 0.25) is 0 Å². The van der Waals surface area contributed by atoms with Gasteiger partial charge in [-0.15, -0.1) is 0 Å². The van der Waals surface area contributed by atoms with Crippen LogP contribution in [0.25, 0.3) is 0 Å². The summed E-state index contributed by atoms with van der Waals surface area (Å²) in [6.45, 7) is 0. The van der Waals surface area contributed by atoms with Gasteiger partial charge in [-0.2, -0.15) is 0 Å². The number of hydrazine groups is 1. The number of hydrogen-bond donors (Lipinski definition) is 2. The molecule has 0 saturated carbocycles. The van der Waals surface area contributed by atoms with Crippen molar-refractivity contribution in [1.82, 2.24) is 15.8 Å². The minimum Gasteiger partial charge on any atom is -0.305 e. The summed E-state index contributed by atoms with van der Waals surface area (Å²) in [6, 6.07) is 12.2. The molecule has 0 spiro atoms. The SMILES string of the molecule is O=C(/C=C/NNC(=O)c1cccnc1)c1ccccc1. The summed E-state index contributed by atoms with van der Waals surface area (Å²) in [6.07, 6.45) is 5.76. The Morgan fingerprint density at radius 1 is 1.00 bits per heavy atom. The Morgan fingerprint density at radius 2 is 1.75 bits per heavy atom. The van der Waals surface area contributed by atoms with Crippen molar-refractivity contribution in [1.29, 1.82) is 0 Å². The third kappa shape index (κ3) is 3.78. The summed E-state index contributed by atoms with van der Waals surface area (Å²) in [5.74, 6) is -0.469. The normalized spacial score (nSPS) is 10.2. The molecule has 0 fully saturated rings. The number of aromatic nitrogens is 1. The third-order valence-corrected chi connectivity index (χ3v) is 2.49. The van der Waals surface area contributed by atoms with Crippen LogP contribution in [0.15, 0.2) is 67.1 Å². The van der Waals surface area contributed by atoms with Crippen molar-refractivity contribution in [3.8, 4) is 0 Å². The number of benzene rings is 1. The Balaban J connectivity index is 1.83. The lowest BCUT2D eigenvalue weighted by molar-refractivity contribution is 0.0938. The minimum atomic E-state index is -0.324. The van der Waals surface area contributed by atoms with Crippen LogP contribution in [0, 0.1) is 0 Å². The predicted molar refractivity (Wildman–Crippen MR) is 74.8 cm³/mol. The van der Waals surface area contributed by atoms with E-state index >= 15 is 0 Å². The molecule has 1 aromatic heterocycles. The summed E-state index contributed by atoms with van der Waals surface area (Å²) in [7, 11) is 0. The molecule has 2 N–H and O–H groups in total. The summed E-state index contributed by atoms with van der Waals surface area (Å²) in [5, 5.41) is 0. The number of nitrogens with zero attached hydrogens (tertiary/aromatic N) is 1. The average molecular weight is 267 g/mol. The van der Waals surface area contributed by atoms with Crippen molar-refractivity contribution in [2.75, 3.05) is 0 Å². The third-order valence-electron chi connectivity index (χ3n) is 2.49. The second-order valence-electron chi connectivity index (χ2n) is 3.90. The molecule has 0 aliphatic carbocycles. The fourth-order valence-electron chi connectivity index (χ4n) is 1.49. The van der Waals surface area contributed by atoms with Crippen molar-refractivity contribution in [3.05, 3.63) is 78.3 Å². The minimum absolute atomic E-state index is 0.145. The first-order valence-electron chi connectivity index (χ1n) is 5.99. The van der Waals surface area contributed by atoms with Crippen LogP contribution in [-0.2, 0) is 0 Å². The summed E-state index contributed by atoms with van der Waals surface area (Å²) >= 11 is 0. The first kappa shape index (κ1) is 13.5. The molecule has 0 atom stereocenters. The second kappa shape index (κ2) is 6.84. The maximum atomic E-state index is 11.7. The highest BCUT2D eigenvalue weighted by atomic mass is 16.2. The Morgan fingerprint density at radius 3 is 2.45 bits per heavy atom. The molecular weight excluding hydrogens is 254 g/mol. The summed E-state index contributed by atoms with van der Waals surface area (Å²) < 4.78 is 0. The zero-order valence-corrected chi connectivity index (χ0v) is 10.6. The Bertz CT molecular complexity index is 610. The fourth-order valence-corrected chi connectivity index (χ4v) is 1.49. The number of carbonyl (C=O) groups is 2. The van der Waals surface area contributed by atoms with Crippen LogP contribution < -0.4 is 10.9 Å². The molecule has 2 rings (SSSR count). The van der Waals surface area contributed by atoms with Gasteiger partial charge in [0.15, 0.2) is 5.78 Å². The molecule has 5 nitrogen and oxygen atoms in total. The molecule has 2 aromatic rings. The monoisotopic (exact) mass is 267 g/mol. The van der Waals surface area contributed by atoms with Crippen LogP contribution in [0.2, 0.25) is 0 Å². The van der Waals surface area contributed by atoms with Gasteiger partial charge >= 0.3 is 0 Å². The van der Waals surface area contributed by atoms with E-state index < -0.39 is 0 Å². The van der Waals surface area contributed by atoms with Crippen LogP contribution in [-0.4, -0.2) is 16.7 Å². The number of pyridine rings is 1. The maximum Gasteiger partial charge on any atom is 0.271 e. The standard InChI is InChI=1S/C15H13N3O2/c19-14(12-5-2-1-3-6-12)8-10-17-18-15(20)13-7-4-9-16-11-13/h1-11,17H,(H,18,20)/b10-8+. The van der Waals surface area contributed by atoms with E-state index in [-0.39, 0.29) is 11.7 Å². The van der Waals surface area contributed by atoms with Gasteiger partial charge in [0.25, 0.3) is 5.91 Å². The molecule has 0 radical (unpaired) electrons. The molecule has 0 aliphatic rings. The molecule has 0 saturated heterocycles. The molecule has 1 heterocycles. The van der Waals surface area contributed by atoms with E-state index in [1.165, 1.54) is 18.5 Å². The van der Waals surface area contributed by atoms with Gasteiger partial charge in [-0.25, -0.2) is 0 Å². The van der Waals surface area contributed by atoms with Crippen molar-refractivity contribution in [2.24, 2.45) is 0 Å². The molecule has 1 aromatic carbocycles. The first-order valence-corrected chi connectivity index (χ1v) is 5.99. The molecule has 1 amide bonds. The topological polar surface area (TPSA) is 71.1 Å². The van der Waals surface area contributed by atoms with E-state index in [2.05, 4.69) is 15.8 Å². The van der Waals surface area contributed by atoms with Crippen LogP contribution in [0.5, 0.6) is 0 Å². The lowest BCUT2D eigenvalue weighted by atomic mass is 10.1.